The summed E-state index contributed by atoms with van der Waals surface area (Å²) in [6.45, 7) is 45.0. The third-order valence-electron chi connectivity index (χ3n) is 17.4. The Labute approximate surface area is 689 Å². The van der Waals surface area contributed by atoms with Crippen LogP contribution in [0.2, 0.25) is 0 Å². The van der Waals surface area contributed by atoms with E-state index in [-0.39, 0.29) is 329 Å². The van der Waals surface area contributed by atoms with Crippen LogP contribution in [0.4, 0.5) is 0 Å². The van der Waals surface area contributed by atoms with E-state index in [1.165, 1.54) is 0 Å². The standard InChI is InChI=1S/C9H15BNO.C9H14BO2.C8H13BNO.2C8H12BO2.C8H12BOS.C2H7N.C2H6.6CH3.6Y/c1-4-6-7-8(10)12-9(6,2)5-11(7)3;1-3-6-7-8(10)12-9(6,2)4-5-11-7;3*1-3-5-6-7(9)11-8(5,2)4-10-6;1-3-5-6-7(9)10-8(5,2)4-11-6;1-3-2;1-2;;;;;;;;;;;;/h6-8H,2,4-5H2,1,3H3;6-8H,2-5H2,1H3;5-7,10H,2-4H2,1H3;3*5-7H,2-4H2,1H3;3H,1-2H3;1-2H3;6*1H3;;;;;;/q6*-1;;;6*-1;;;;;;/t2*6-,7+,8-,9+;2*5-,6+,7-,8+;5-,6-,7-,8-;5-,6+,7-,8+;;;;;;;;;;;;;;/m111111............../s1. The van der Waals surface area contributed by atoms with E-state index in [0.717, 1.165) is 70.4 Å². The molecule has 12 rings (SSSR count). The Morgan fingerprint density at radius 2 is 0.824 bits per heavy atom. The first kappa shape index (κ1) is 108. The molecule has 0 unspecified atom stereocenters. The Kier molecular flexibility index (Phi) is 59.7. The second-order valence-electron chi connectivity index (χ2n) is 22.2. The van der Waals surface area contributed by atoms with Crippen molar-refractivity contribution in [1.82, 2.24) is 15.5 Å². The number of hydrogen-bond donors (Lipinski definition) is 2. The summed E-state index contributed by atoms with van der Waals surface area (Å²) in [7, 11) is 40.4. The van der Waals surface area contributed by atoms with Crippen LogP contribution in [0.3, 0.4) is 0 Å². The summed E-state index contributed by atoms with van der Waals surface area (Å²) in [5, 5.41) is 6.58. The summed E-state index contributed by atoms with van der Waals surface area (Å²) in [6.07, 6.45) is 7.52. The molecule has 85 heavy (non-hydrogen) atoms. The summed E-state index contributed by atoms with van der Waals surface area (Å²) >= 11 is 1.92. The first-order valence-electron chi connectivity index (χ1n) is 27.6. The zero-order valence-corrected chi connectivity index (χ0v) is 74.1. The van der Waals surface area contributed by atoms with E-state index in [2.05, 4.69) is 106 Å². The van der Waals surface area contributed by atoms with Gasteiger partial charge in [-0.05, 0) is 116 Å². The van der Waals surface area contributed by atoms with Crippen LogP contribution in [0.5, 0.6) is 0 Å². The largest absolute Gasteiger partial charge is 0.411 e. The van der Waals surface area contributed by atoms with Crippen molar-refractivity contribution in [3.63, 3.8) is 0 Å². The summed E-state index contributed by atoms with van der Waals surface area (Å²) in [4.78, 5) is 2.27. The van der Waals surface area contributed by atoms with E-state index in [4.69, 9.17) is 89.7 Å². The molecule has 0 aromatic heterocycles. The van der Waals surface area contributed by atoms with Gasteiger partial charge in [0.15, 0.2) is 0 Å². The molecule has 18 radical (unpaired) electrons. The number of thioether (sulfide) groups is 1. The molecule has 12 nitrogen and oxygen atoms in total. The maximum atomic E-state index is 5.86. The van der Waals surface area contributed by atoms with Crippen molar-refractivity contribution in [2.24, 2.45) is 35.5 Å². The Morgan fingerprint density at radius 3 is 1.04 bits per heavy atom. The summed E-state index contributed by atoms with van der Waals surface area (Å²) < 4.78 is 49.9. The number of nitrogens with zero attached hydrogens (tertiary/aromatic N) is 1. The van der Waals surface area contributed by atoms with Gasteiger partial charge in [-0.1, -0.05) is 93.9 Å². The fourth-order valence-corrected chi connectivity index (χ4v) is 15.7. The fourth-order valence-electron chi connectivity index (χ4n) is 14.0. The summed E-state index contributed by atoms with van der Waals surface area (Å²) in [6, 6.07) is -0.425. The van der Waals surface area contributed by atoms with Crippen LogP contribution in [0, 0.1) is 122 Å². The van der Waals surface area contributed by atoms with Gasteiger partial charge in [0.1, 0.15) is 47.1 Å². The topological polar surface area (TPSA) is 110 Å². The van der Waals surface area contributed by atoms with Gasteiger partial charge in [-0.2, -0.15) is 11.8 Å². The number of nitrogens with one attached hydrogen (secondary N) is 2. The number of morpholine rings is 2. The first-order chi connectivity index (χ1) is 34.4. The third kappa shape index (κ3) is 24.0. The maximum absolute atomic E-state index is 5.86. The number of rotatable bonds is 6. The maximum Gasteiger partial charge on any atom is 0.112 e. The molecule has 12 aliphatic heterocycles. The molecule has 0 saturated carbocycles. The molecule has 25 heteroatoms. The number of likely N-dealkylation sites (N-methyl/N-ethyl adjacent to an activating group) is 1. The molecule has 0 aliphatic carbocycles. The minimum atomic E-state index is -0.348. The summed E-state index contributed by atoms with van der Waals surface area (Å²) in [5.74, 6) is 3.75. The zero-order valence-electron chi connectivity index (χ0n) is 56.3. The second kappa shape index (κ2) is 47.1. The molecule has 0 spiro atoms. The van der Waals surface area contributed by atoms with Gasteiger partial charge in [0.25, 0.3) is 0 Å². The molecule has 24 atom stereocenters. The molecule has 12 fully saturated rings. The monoisotopic (exact) mass is 1650 g/mol. The fraction of sp³-hybridized carbons (Fsp3) is 0.800. The van der Waals surface area contributed by atoms with Crippen molar-refractivity contribution >= 4 is 58.8 Å². The Morgan fingerprint density at radius 1 is 0.471 bits per heavy atom. The smallest absolute Gasteiger partial charge is 0.112 e. The quantitative estimate of drug-likeness (QED) is 0.207. The van der Waals surface area contributed by atoms with Gasteiger partial charge in [0, 0.05) is 269 Å². The van der Waals surface area contributed by atoms with E-state index >= 15 is 0 Å². The van der Waals surface area contributed by atoms with Gasteiger partial charge >= 0.3 is 0 Å². The predicted octanol–water partition coefficient (Wildman–Crippen LogP) is 7.20. The van der Waals surface area contributed by atoms with Crippen molar-refractivity contribution in [1.29, 1.82) is 0 Å². The minimum absolute atomic E-state index is 0. The number of ether oxygens (including phenoxy) is 9. The SMILES string of the molecule is CC.CNC.[B][C@@H]1O[C@@]2([CH2-])CCO[C@H]1[C@H]2CC.[B][C@@H]1O[C@@]2([CH2-])CN(C)[C@H]1[C@H]2CC.[B][C@@H]1O[C@@]2([CH2-])CN[C@H]1[C@H]2CC.[B][C@@H]1O[C@@]2([CH2-])CO[C@H]1[C@H]2CC.[B][C@@H]1O[C@@]2([CH2-])CS[C@H]1[C@H]2CC.[B][C@@H]1O[C@]2([CH2-])CO[C@@H]1[C@H]2CC.[CH3-].[CH3-].[CH3-].[CH3-].[CH3-].[CH3-].[Y].[Y].[Y].[Y].[Y].[Y]. The number of fused-ring (bicyclic) bond motifs is 12. The molecule has 12 heterocycles. The predicted molar refractivity (Wildman–Crippen MR) is 338 cm³/mol. The van der Waals surface area contributed by atoms with E-state index in [0.29, 0.717) is 66.1 Å². The van der Waals surface area contributed by atoms with Gasteiger partial charge in [-0.25, -0.2) is 0 Å². The van der Waals surface area contributed by atoms with Crippen molar-refractivity contribution in [3.05, 3.63) is 86.1 Å². The van der Waals surface area contributed by atoms with Gasteiger partial charge in [0.2, 0.25) is 0 Å². The van der Waals surface area contributed by atoms with Gasteiger partial charge < -0.3 is 144 Å². The molecule has 0 aromatic rings. The van der Waals surface area contributed by atoms with Crippen LogP contribution in [-0.4, -0.2) is 217 Å². The first-order valence-corrected chi connectivity index (χ1v) is 28.6. The molecule has 12 bridgehead atoms. The van der Waals surface area contributed by atoms with Crippen molar-refractivity contribution in [2.45, 2.75) is 206 Å². The van der Waals surface area contributed by atoms with Crippen LogP contribution in [0.25, 0.3) is 0 Å². The van der Waals surface area contributed by atoms with Crippen molar-refractivity contribution in [3.8, 4) is 0 Å². The van der Waals surface area contributed by atoms with E-state index in [1.54, 1.807) is 0 Å². The Bertz CT molecular complexity index is 1580. The minimum Gasteiger partial charge on any atom is -0.411 e. The molecule has 0 aromatic carbocycles. The average molecular weight is 1650 g/mol. The number of hydrogen-bond acceptors (Lipinski definition) is 13. The van der Waals surface area contributed by atoms with Gasteiger partial charge in [-0.3, -0.25) is 0 Å². The molecule has 472 valence electrons. The van der Waals surface area contributed by atoms with Crippen LogP contribution in [-0.2, 0) is 239 Å². The van der Waals surface area contributed by atoms with Crippen molar-refractivity contribution < 1.29 is 239 Å². The molecular weight excluding hydrogens is 1540 g/mol. The third-order valence-corrected chi connectivity index (χ3v) is 19.0. The Balaban J connectivity index is -0.000000134. The van der Waals surface area contributed by atoms with Crippen LogP contribution >= 0.6 is 11.8 Å². The van der Waals surface area contributed by atoms with E-state index in [1.807, 2.05) is 39.7 Å². The van der Waals surface area contributed by atoms with E-state index < -0.39 is 0 Å². The van der Waals surface area contributed by atoms with Gasteiger partial charge in [-0.15, -0.1) is 0 Å². The normalized spacial score (nSPS) is 43.9. The zero-order chi connectivity index (χ0) is 54.6. The molecule has 2 N–H and O–H groups in total. The summed E-state index contributed by atoms with van der Waals surface area (Å²) in [5.41, 5.74) is -1.59. The molecule has 12 saturated heterocycles. The molecular formula is C60H109B6N3O9SY6-12. The average Bonchev–Trinajstić information content (AvgIpc) is 4.24. The van der Waals surface area contributed by atoms with Crippen molar-refractivity contribution in [2.75, 3.05) is 59.8 Å². The number of likely N-dealkylation sites (tertiary alicyclic amines) is 1. The van der Waals surface area contributed by atoms with Crippen LogP contribution < -0.4 is 10.6 Å². The van der Waals surface area contributed by atoms with Gasteiger partial charge in [0.05, 0.1) is 18.3 Å². The van der Waals surface area contributed by atoms with Crippen LogP contribution in [0.15, 0.2) is 0 Å². The van der Waals surface area contributed by atoms with Crippen LogP contribution in [0.1, 0.15) is 100 Å². The second-order valence-corrected chi connectivity index (χ2v) is 23.4. The van der Waals surface area contributed by atoms with E-state index in [9.17, 15) is 0 Å². The molecule has 0 amide bonds. The Hall–Kier alpha value is 6.88. The molecule has 12 aliphatic rings.